The van der Waals surface area contributed by atoms with Crippen molar-refractivity contribution >= 4 is 29.3 Å². The van der Waals surface area contributed by atoms with E-state index in [2.05, 4.69) is 9.97 Å². The van der Waals surface area contributed by atoms with Gasteiger partial charge >= 0.3 is 11.7 Å². The molecule has 0 aliphatic rings. The molecule has 0 saturated carbocycles. The van der Waals surface area contributed by atoms with Crippen LogP contribution in [0.4, 0.5) is 0 Å². The SMILES string of the molecule is Cc1[nH]c(=O)nc(SC/C=C/Cl)c1C(=O)O. The van der Waals surface area contributed by atoms with Crippen molar-refractivity contribution in [1.82, 2.24) is 9.97 Å². The third-order valence-corrected chi connectivity index (χ3v) is 2.81. The van der Waals surface area contributed by atoms with E-state index in [1.54, 1.807) is 6.08 Å². The maximum Gasteiger partial charge on any atom is 0.346 e. The van der Waals surface area contributed by atoms with Gasteiger partial charge in [0.2, 0.25) is 0 Å². The molecule has 1 aromatic heterocycles. The number of carbonyl (C=O) groups is 1. The molecule has 0 radical (unpaired) electrons. The first-order valence-corrected chi connectivity index (χ1v) is 5.70. The maximum absolute atomic E-state index is 11.1. The van der Waals surface area contributed by atoms with Crippen molar-refractivity contribution < 1.29 is 9.90 Å². The lowest BCUT2D eigenvalue weighted by Gasteiger charge is -2.05. The first-order valence-electron chi connectivity index (χ1n) is 4.28. The lowest BCUT2D eigenvalue weighted by atomic mass is 10.2. The van der Waals surface area contributed by atoms with Crippen LogP contribution in [0.25, 0.3) is 0 Å². The highest BCUT2D eigenvalue weighted by Crippen LogP contribution is 2.20. The van der Waals surface area contributed by atoms with Gasteiger partial charge in [-0.2, -0.15) is 4.98 Å². The van der Waals surface area contributed by atoms with Gasteiger partial charge in [-0.3, -0.25) is 0 Å². The van der Waals surface area contributed by atoms with E-state index in [0.717, 1.165) is 11.8 Å². The second-order valence-electron chi connectivity index (χ2n) is 2.82. The number of carboxylic acids is 1. The van der Waals surface area contributed by atoms with Crippen LogP contribution in [-0.2, 0) is 0 Å². The van der Waals surface area contributed by atoms with E-state index >= 15 is 0 Å². The van der Waals surface area contributed by atoms with Crippen molar-refractivity contribution in [3.8, 4) is 0 Å². The minimum atomic E-state index is -1.11. The Morgan fingerprint density at radius 3 is 2.94 bits per heavy atom. The zero-order valence-electron chi connectivity index (χ0n) is 8.36. The number of aromatic amines is 1. The highest BCUT2D eigenvalue weighted by Gasteiger charge is 2.16. The number of aromatic nitrogens is 2. The molecule has 0 fully saturated rings. The molecule has 1 aromatic rings. The smallest absolute Gasteiger partial charge is 0.346 e. The van der Waals surface area contributed by atoms with Gasteiger partial charge in [-0.1, -0.05) is 17.7 Å². The molecule has 0 aliphatic heterocycles. The molecule has 0 aromatic carbocycles. The summed E-state index contributed by atoms with van der Waals surface area (Å²) in [6.45, 7) is 1.52. The summed E-state index contributed by atoms with van der Waals surface area (Å²) in [7, 11) is 0. The molecule has 0 aliphatic carbocycles. The van der Waals surface area contributed by atoms with Crippen LogP contribution in [0.15, 0.2) is 21.4 Å². The van der Waals surface area contributed by atoms with Crippen LogP contribution in [0.2, 0.25) is 0 Å². The first kappa shape index (κ1) is 12.8. The summed E-state index contributed by atoms with van der Waals surface area (Å²) in [4.78, 5) is 28.0. The molecule has 0 bridgehead atoms. The number of halogens is 1. The van der Waals surface area contributed by atoms with E-state index in [4.69, 9.17) is 16.7 Å². The third kappa shape index (κ3) is 3.11. The third-order valence-electron chi connectivity index (χ3n) is 1.71. The van der Waals surface area contributed by atoms with Crippen molar-refractivity contribution in [2.75, 3.05) is 5.75 Å². The first-order chi connectivity index (χ1) is 7.56. The monoisotopic (exact) mass is 260 g/mol. The van der Waals surface area contributed by atoms with Gasteiger partial charge in [0.25, 0.3) is 0 Å². The summed E-state index contributed by atoms with van der Waals surface area (Å²) in [5.41, 5.74) is 1.09. The molecule has 0 saturated heterocycles. The molecule has 0 spiro atoms. The fourth-order valence-electron chi connectivity index (χ4n) is 1.08. The topological polar surface area (TPSA) is 83.0 Å². The normalized spacial score (nSPS) is 10.9. The number of nitrogens with zero attached hydrogens (tertiary/aromatic N) is 1. The van der Waals surface area contributed by atoms with Gasteiger partial charge in [-0.25, -0.2) is 9.59 Å². The largest absolute Gasteiger partial charge is 0.478 e. The van der Waals surface area contributed by atoms with Crippen LogP contribution in [0, 0.1) is 6.92 Å². The maximum atomic E-state index is 11.1. The number of H-pyrrole nitrogens is 1. The highest BCUT2D eigenvalue weighted by molar-refractivity contribution is 7.99. The Bertz CT molecular complexity index is 484. The predicted octanol–water partition coefficient (Wildman–Crippen LogP) is 1.62. The van der Waals surface area contributed by atoms with E-state index in [0.29, 0.717) is 11.4 Å². The number of nitrogens with one attached hydrogen (secondary N) is 1. The molecule has 7 heteroatoms. The summed E-state index contributed by atoms with van der Waals surface area (Å²) >= 11 is 6.48. The molecule has 1 rings (SSSR count). The fraction of sp³-hybridized carbons (Fsp3) is 0.222. The molecule has 86 valence electrons. The Labute approximate surface area is 101 Å². The average molecular weight is 261 g/mol. The fourth-order valence-corrected chi connectivity index (χ4v) is 2.16. The van der Waals surface area contributed by atoms with Gasteiger partial charge in [-0.05, 0) is 6.92 Å². The van der Waals surface area contributed by atoms with Gasteiger partial charge in [0.05, 0.1) is 0 Å². The molecule has 16 heavy (non-hydrogen) atoms. The number of aromatic carboxylic acids is 1. The predicted molar refractivity (Wildman–Crippen MR) is 62.3 cm³/mol. The lowest BCUT2D eigenvalue weighted by Crippen LogP contribution is -2.18. The van der Waals surface area contributed by atoms with Crippen LogP contribution in [-0.4, -0.2) is 26.8 Å². The second-order valence-corrected chi connectivity index (χ2v) is 4.09. The van der Waals surface area contributed by atoms with E-state index < -0.39 is 11.7 Å². The molecule has 0 atom stereocenters. The van der Waals surface area contributed by atoms with Gasteiger partial charge in [0.15, 0.2) is 0 Å². The highest BCUT2D eigenvalue weighted by atomic mass is 35.5. The number of carboxylic acid groups (broad SMARTS) is 1. The molecule has 2 N–H and O–H groups in total. The Morgan fingerprint density at radius 2 is 2.38 bits per heavy atom. The van der Waals surface area contributed by atoms with Crippen LogP contribution < -0.4 is 5.69 Å². The summed E-state index contributed by atoms with van der Waals surface area (Å²) < 4.78 is 0. The van der Waals surface area contributed by atoms with Crippen molar-refractivity contribution in [1.29, 1.82) is 0 Å². The molecular weight excluding hydrogens is 252 g/mol. The van der Waals surface area contributed by atoms with Crippen molar-refractivity contribution in [2.24, 2.45) is 0 Å². The number of hydrogen-bond acceptors (Lipinski definition) is 4. The van der Waals surface area contributed by atoms with E-state index in [-0.39, 0.29) is 10.6 Å². The second kappa shape index (κ2) is 5.72. The minimum Gasteiger partial charge on any atom is -0.478 e. The molecular formula is C9H9ClN2O3S. The zero-order valence-corrected chi connectivity index (χ0v) is 9.93. The van der Waals surface area contributed by atoms with Crippen molar-refractivity contribution in [3.63, 3.8) is 0 Å². The van der Waals surface area contributed by atoms with Crippen molar-refractivity contribution in [2.45, 2.75) is 11.9 Å². The van der Waals surface area contributed by atoms with Crippen LogP contribution in [0.3, 0.4) is 0 Å². The number of thioether (sulfide) groups is 1. The van der Waals surface area contributed by atoms with Gasteiger partial charge in [-0.15, -0.1) is 11.8 Å². The standard InChI is InChI=1S/C9H9ClN2O3S/c1-5-6(8(13)14)7(12-9(15)11-5)16-4-2-3-10/h2-3H,4H2,1H3,(H,13,14)(H,11,12,15)/b3-2+. The Hall–Kier alpha value is -1.27. The van der Waals surface area contributed by atoms with E-state index in [1.807, 2.05) is 0 Å². The number of hydrogen-bond donors (Lipinski definition) is 2. The Morgan fingerprint density at radius 1 is 1.69 bits per heavy atom. The minimum absolute atomic E-state index is 0.0209. The summed E-state index contributed by atoms with van der Waals surface area (Å²) in [6.07, 6.45) is 1.63. The summed E-state index contributed by atoms with van der Waals surface area (Å²) in [5.74, 6) is -0.654. The molecule has 1 heterocycles. The van der Waals surface area contributed by atoms with Gasteiger partial charge in [0.1, 0.15) is 10.6 Å². The van der Waals surface area contributed by atoms with E-state index in [9.17, 15) is 9.59 Å². The lowest BCUT2D eigenvalue weighted by molar-refractivity contribution is 0.0690. The Kier molecular flexibility index (Phi) is 4.57. The van der Waals surface area contributed by atoms with Crippen LogP contribution >= 0.6 is 23.4 Å². The summed E-state index contributed by atoms with van der Waals surface area (Å²) in [6, 6.07) is 0. The quantitative estimate of drug-likeness (QED) is 0.635. The summed E-state index contributed by atoms with van der Waals surface area (Å²) in [5, 5.41) is 9.17. The number of rotatable bonds is 4. The van der Waals surface area contributed by atoms with Crippen LogP contribution in [0.1, 0.15) is 16.1 Å². The molecule has 0 amide bonds. The Balaban J connectivity index is 3.14. The zero-order chi connectivity index (χ0) is 12.1. The van der Waals surface area contributed by atoms with Gasteiger partial charge in [0, 0.05) is 17.0 Å². The van der Waals surface area contributed by atoms with E-state index in [1.165, 1.54) is 12.5 Å². The van der Waals surface area contributed by atoms with Gasteiger partial charge < -0.3 is 10.1 Å². The molecule has 0 unspecified atom stereocenters. The number of aryl methyl sites for hydroxylation is 1. The van der Waals surface area contributed by atoms with Crippen LogP contribution in [0.5, 0.6) is 0 Å². The van der Waals surface area contributed by atoms with Crippen molar-refractivity contribution in [3.05, 3.63) is 33.4 Å². The average Bonchev–Trinajstić information content (AvgIpc) is 2.16. The molecule has 5 nitrogen and oxygen atoms in total.